The number of hydrogen-bond acceptors (Lipinski definition) is 6. The Balaban J connectivity index is 1.45. The Labute approximate surface area is 186 Å². The molecule has 0 saturated carbocycles. The van der Waals surface area contributed by atoms with Crippen LogP contribution in [0.25, 0.3) is 0 Å². The highest BCUT2D eigenvalue weighted by molar-refractivity contribution is 5.77. The molecule has 0 unspecified atom stereocenters. The highest BCUT2D eigenvalue weighted by atomic mass is 16.5. The number of hydrogen-bond donors (Lipinski definition) is 1. The second-order valence-corrected chi connectivity index (χ2v) is 10.1. The molecule has 0 radical (unpaired) electrons. The van der Waals surface area contributed by atoms with Gasteiger partial charge in [-0.25, -0.2) is 0 Å². The van der Waals surface area contributed by atoms with Crippen molar-refractivity contribution in [2.75, 3.05) is 59.6 Å². The van der Waals surface area contributed by atoms with E-state index in [9.17, 15) is 9.59 Å². The zero-order valence-electron chi connectivity index (χ0n) is 19.4. The number of ether oxygens (including phenoxy) is 2. The molecular formula is C23H40N4O4. The quantitative estimate of drug-likeness (QED) is 0.656. The summed E-state index contributed by atoms with van der Waals surface area (Å²) < 4.78 is 11.6. The van der Waals surface area contributed by atoms with Crippen LogP contribution in [0, 0.1) is 11.8 Å². The van der Waals surface area contributed by atoms with Crippen LogP contribution in [-0.4, -0.2) is 110 Å². The third kappa shape index (κ3) is 5.41. The smallest absolute Gasteiger partial charge is 0.225 e. The summed E-state index contributed by atoms with van der Waals surface area (Å²) in [7, 11) is 2.19. The first kappa shape index (κ1) is 23.0. The fourth-order valence-electron chi connectivity index (χ4n) is 6.03. The lowest BCUT2D eigenvalue weighted by Crippen LogP contribution is -2.47. The van der Waals surface area contributed by atoms with Gasteiger partial charge in [-0.2, -0.15) is 0 Å². The number of nitrogens with one attached hydrogen (secondary N) is 1. The number of amides is 2. The first-order valence-corrected chi connectivity index (χ1v) is 12.1. The van der Waals surface area contributed by atoms with Gasteiger partial charge in [0.1, 0.15) is 0 Å². The van der Waals surface area contributed by atoms with Gasteiger partial charge in [-0.15, -0.1) is 0 Å². The molecule has 4 aliphatic heterocycles. The minimum Gasteiger partial charge on any atom is -0.378 e. The highest BCUT2D eigenvalue weighted by Gasteiger charge is 2.53. The van der Waals surface area contributed by atoms with Gasteiger partial charge in [0, 0.05) is 50.1 Å². The van der Waals surface area contributed by atoms with Gasteiger partial charge in [-0.1, -0.05) is 0 Å². The summed E-state index contributed by atoms with van der Waals surface area (Å²) in [6.07, 6.45) is 3.19. The Morgan fingerprint density at radius 3 is 2.45 bits per heavy atom. The molecule has 31 heavy (non-hydrogen) atoms. The van der Waals surface area contributed by atoms with E-state index < -0.39 is 0 Å². The Morgan fingerprint density at radius 1 is 1.06 bits per heavy atom. The van der Waals surface area contributed by atoms with Crippen molar-refractivity contribution in [1.82, 2.24) is 20.0 Å². The summed E-state index contributed by atoms with van der Waals surface area (Å²) in [5.74, 6) is 0.780. The lowest BCUT2D eigenvalue weighted by Gasteiger charge is -2.37. The average Bonchev–Trinajstić information content (AvgIpc) is 3.30. The van der Waals surface area contributed by atoms with Crippen molar-refractivity contribution < 1.29 is 19.1 Å². The van der Waals surface area contributed by atoms with Gasteiger partial charge < -0.3 is 24.6 Å². The molecule has 0 aromatic rings. The van der Waals surface area contributed by atoms with Crippen LogP contribution in [0.3, 0.4) is 0 Å². The van der Waals surface area contributed by atoms with Gasteiger partial charge in [-0.3, -0.25) is 14.5 Å². The summed E-state index contributed by atoms with van der Waals surface area (Å²) in [6.45, 7) is 10.4. The first-order chi connectivity index (χ1) is 14.9. The van der Waals surface area contributed by atoms with E-state index in [0.29, 0.717) is 57.8 Å². The van der Waals surface area contributed by atoms with E-state index in [4.69, 9.17) is 9.47 Å². The molecule has 0 bridgehead atoms. The van der Waals surface area contributed by atoms with E-state index in [1.807, 2.05) is 18.7 Å². The number of carbonyl (C=O) groups is 2. The average molecular weight is 437 g/mol. The molecule has 8 nitrogen and oxygen atoms in total. The van der Waals surface area contributed by atoms with Gasteiger partial charge in [0.25, 0.3) is 0 Å². The molecule has 0 aliphatic carbocycles. The molecule has 4 heterocycles. The highest BCUT2D eigenvalue weighted by Crippen LogP contribution is 2.43. The van der Waals surface area contributed by atoms with Gasteiger partial charge >= 0.3 is 0 Å². The number of carbonyl (C=O) groups excluding carboxylic acids is 2. The van der Waals surface area contributed by atoms with Crippen LogP contribution in [0.2, 0.25) is 0 Å². The minimum absolute atomic E-state index is 0.0894. The molecule has 4 atom stereocenters. The van der Waals surface area contributed by atoms with Crippen LogP contribution in [-0.2, 0) is 19.1 Å². The van der Waals surface area contributed by atoms with Crippen LogP contribution >= 0.6 is 0 Å². The Bertz CT molecular complexity index is 631. The van der Waals surface area contributed by atoms with Crippen LogP contribution in [0.1, 0.15) is 39.5 Å². The van der Waals surface area contributed by atoms with Crippen LogP contribution in [0.15, 0.2) is 0 Å². The molecule has 2 amide bonds. The van der Waals surface area contributed by atoms with Crippen molar-refractivity contribution in [3.05, 3.63) is 0 Å². The Morgan fingerprint density at radius 2 is 1.77 bits per heavy atom. The molecule has 4 fully saturated rings. The standard InChI is InChI=1S/C23H40N4O4/c1-16(2)24-21(28)12-17-14-27(18-4-6-25(3)7-5-18)19-15-31-20(23(17)19)13-22(29)26-8-10-30-11-9-26/h16-20,23H,4-15H2,1-3H3,(H,24,28)/t17-,19-,20+,23-/m1/s1. The molecule has 0 aromatic heterocycles. The molecule has 4 rings (SSSR count). The predicted octanol–water partition coefficient (Wildman–Crippen LogP) is 0.560. The fraction of sp³-hybridized carbons (Fsp3) is 0.913. The van der Waals surface area contributed by atoms with E-state index in [2.05, 4.69) is 22.2 Å². The second-order valence-electron chi connectivity index (χ2n) is 10.1. The first-order valence-electron chi connectivity index (χ1n) is 12.1. The fourth-order valence-corrected chi connectivity index (χ4v) is 6.03. The largest absolute Gasteiger partial charge is 0.378 e. The van der Waals surface area contributed by atoms with Gasteiger partial charge in [0.05, 0.1) is 32.3 Å². The number of likely N-dealkylation sites (tertiary alicyclic amines) is 2. The Kier molecular flexibility index (Phi) is 7.52. The van der Waals surface area contributed by atoms with Crippen LogP contribution in [0.5, 0.6) is 0 Å². The number of morpholine rings is 1. The lowest BCUT2D eigenvalue weighted by atomic mass is 9.84. The zero-order valence-corrected chi connectivity index (χ0v) is 19.4. The normalized spacial score (nSPS) is 33.1. The maximum Gasteiger partial charge on any atom is 0.225 e. The van der Waals surface area contributed by atoms with Gasteiger partial charge in [0.2, 0.25) is 11.8 Å². The van der Waals surface area contributed by atoms with Gasteiger partial charge in [-0.05, 0) is 52.7 Å². The molecule has 0 spiro atoms. The SMILES string of the molecule is CC(C)NC(=O)C[C@@H]1CN(C2CCN(C)CC2)[C@@H]2CO[C@@H](CC(=O)N3CCOCC3)[C@H]12. The van der Waals surface area contributed by atoms with Gasteiger partial charge in [0.15, 0.2) is 0 Å². The lowest BCUT2D eigenvalue weighted by molar-refractivity contribution is -0.138. The minimum atomic E-state index is -0.0894. The molecule has 4 saturated heterocycles. The topological polar surface area (TPSA) is 74.4 Å². The Hall–Kier alpha value is -1.22. The number of piperidine rings is 1. The van der Waals surface area contributed by atoms with Crippen molar-refractivity contribution in [2.24, 2.45) is 11.8 Å². The number of fused-ring (bicyclic) bond motifs is 1. The summed E-state index contributed by atoms with van der Waals surface area (Å²) in [5.41, 5.74) is 0. The monoisotopic (exact) mass is 436 g/mol. The zero-order chi connectivity index (χ0) is 22.0. The third-order valence-electron chi connectivity index (χ3n) is 7.56. The van der Waals surface area contributed by atoms with Crippen molar-refractivity contribution in [3.8, 4) is 0 Å². The predicted molar refractivity (Wildman–Crippen MR) is 118 cm³/mol. The van der Waals surface area contributed by atoms with Crippen molar-refractivity contribution in [1.29, 1.82) is 0 Å². The summed E-state index contributed by atoms with van der Waals surface area (Å²) in [4.78, 5) is 32.5. The van der Waals surface area contributed by atoms with Crippen molar-refractivity contribution in [3.63, 3.8) is 0 Å². The van der Waals surface area contributed by atoms with E-state index in [1.54, 1.807) is 0 Å². The molecule has 4 aliphatic rings. The molecule has 176 valence electrons. The molecular weight excluding hydrogens is 396 g/mol. The molecule has 1 N–H and O–H groups in total. The maximum atomic E-state index is 12.9. The van der Waals surface area contributed by atoms with Crippen LogP contribution < -0.4 is 5.32 Å². The summed E-state index contributed by atoms with van der Waals surface area (Å²) in [5, 5.41) is 3.06. The third-order valence-corrected chi connectivity index (χ3v) is 7.56. The second kappa shape index (κ2) is 10.1. The van der Waals surface area contributed by atoms with E-state index in [1.165, 1.54) is 12.8 Å². The van der Waals surface area contributed by atoms with E-state index in [0.717, 1.165) is 19.6 Å². The summed E-state index contributed by atoms with van der Waals surface area (Å²) in [6, 6.07) is 1.03. The maximum absolute atomic E-state index is 12.9. The molecule has 0 aromatic carbocycles. The van der Waals surface area contributed by atoms with Crippen molar-refractivity contribution >= 4 is 11.8 Å². The summed E-state index contributed by atoms with van der Waals surface area (Å²) >= 11 is 0. The molecule has 8 heteroatoms. The van der Waals surface area contributed by atoms with Crippen LogP contribution in [0.4, 0.5) is 0 Å². The number of nitrogens with zero attached hydrogens (tertiary/aromatic N) is 3. The number of rotatable bonds is 6. The van der Waals surface area contributed by atoms with E-state index in [-0.39, 0.29) is 35.8 Å². The van der Waals surface area contributed by atoms with E-state index >= 15 is 0 Å². The van der Waals surface area contributed by atoms with Crippen molar-refractivity contribution in [2.45, 2.75) is 63.8 Å².